The predicted octanol–water partition coefficient (Wildman–Crippen LogP) is 0.489. The molecule has 1 saturated heterocycles. The number of hydrogen-bond donors (Lipinski definition) is 2. The maximum atomic E-state index is 11.2. The van der Waals surface area contributed by atoms with Gasteiger partial charge in [0, 0.05) is 13.2 Å². The van der Waals surface area contributed by atoms with Crippen LogP contribution >= 0.6 is 11.8 Å². The molecular formula is C10H17NO4S. The number of nitrogens with one attached hydrogen (secondary N) is 1. The predicted molar refractivity (Wildman–Crippen MR) is 61.6 cm³/mol. The lowest BCUT2D eigenvalue weighted by molar-refractivity contribution is -0.133. The molecule has 0 aromatic carbocycles. The molecule has 1 heterocycles. The highest BCUT2D eigenvalue weighted by Crippen LogP contribution is 2.14. The number of carbonyl (C=O) groups excluding carboxylic acids is 1. The average molecular weight is 247 g/mol. The molecule has 0 bridgehead atoms. The van der Waals surface area contributed by atoms with E-state index in [-0.39, 0.29) is 23.5 Å². The van der Waals surface area contributed by atoms with Crippen molar-refractivity contribution in [1.82, 2.24) is 5.32 Å². The first-order valence-corrected chi connectivity index (χ1v) is 6.52. The molecule has 1 rings (SSSR count). The Morgan fingerprint density at radius 2 is 2.25 bits per heavy atom. The second-order valence-electron chi connectivity index (χ2n) is 3.66. The van der Waals surface area contributed by atoms with Crippen molar-refractivity contribution in [2.45, 2.75) is 25.4 Å². The number of carboxylic acids is 1. The Kier molecular flexibility index (Phi) is 6.25. The zero-order valence-electron chi connectivity index (χ0n) is 9.11. The number of thioether (sulfide) groups is 1. The lowest BCUT2D eigenvalue weighted by atomic mass is 10.2. The summed E-state index contributed by atoms with van der Waals surface area (Å²) in [6.45, 7) is 1.43. The molecule has 1 fully saturated rings. The number of rotatable bonds is 7. The lowest BCUT2D eigenvalue weighted by Crippen LogP contribution is -2.28. The van der Waals surface area contributed by atoms with Crippen LogP contribution < -0.4 is 5.32 Å². The minimum absolute atomic E-state index is 0.0286. The zero-order chi connectivity index (χ0) is 11.8. The van der Waals surface area contributed by atoms with Crippen LogP contribution in [0.1, 0.15) is 19.3 Å². The highest BCUT2D eigenvalue weighted by molar-refractivity contribution is 8.00. The summed E-state index contributed by atoms with van der Waals surface area (Å²) in [7, 11) is 0. The maximum absolute atomic E-state index is 11.2. The van der Waals surface area contributed by atoms with Crippen molar-refractivity contribution in [2.24, 2.45) is 0 Å². The molecule has 16 heavy (non-hydrogen) atoms. The maximum Gasteiger partial charge on any atom is 0.313 e. The summed E-state index contributed by atoms with van der Waals surface area (Å²) in [5, 5.41) is 11.1. The van der Waals surface area contributed by atoms with E-state index >= 15 is 0 Å². The second kappa shape index (κ2) is 7.51. The van der Waals surface area contributed by atoms with Crippen LogP contribution in [0, 0.1) is 0 Å². The molecule has 1 aliphatic rings. The fourth-order valence-electron chi connectivity index (χ4n) is 1.53. The van der Waals surface area contributed by atoms with Crippen molar-refractivity contribution < 1.29 is 19.4 Å². The zero-order valence-corrected chi connectivity index (χ0v) is 9.92. The van der Waals surface area contributed by atoms with E-state index in [1.54, 1.807) is 0 Å². The molecule has 2 N–H and O–H groups in total. The Bertz CT molecular complexity index is 241. The molecule has 1 aliphatic heterocycles. The summed E-state index contributed by atoms with van der Waals surface area (Å²) in [5.74, 6) is -0.821. The van der Waals surface area contributed by atoms with Gasteiger partial charge in [0.25, 0.3) is 0 Å². The molecule has 0 saturated carbocycles. The molecular weight excluding hydrogens is 230 g/mol. The monoisotopic (exact) mass is 247 g/mol. The Morgan fingerprint density at radius 3 is 2.88 bits per heavy atom. The van der Waals surface area contributed by atoms with Crippen molar-refractivity contribution in [3.05, 3.63) is 0 Å². The van der Waals surface area contributed by atoms with E-state index in [1.807, 2.05) is 0 Å². The van der Waals surface area contributed by atoms with E-state index in [0.717, 1.165) is 37.6 Å². The Labute approximate surface area is 98.9 Å². The lowest BCUT2D eigenvalue weighted by Gasteiger charge is -2.09. The normalized spacial score (nSPS) is 19.6. The molecule has 0 aromatic heterocycles. The molecule has 0 aromatic rings. The summed E-state index contributed by atoms with van der Waals surface area (Å²) in [6, 6.07) is 0. The summed E-state index contributed by atoms with van der Waals surface area (Å²) in [5.41, 5.74) is 0. The third-order valence-corrected chi connectivity index (χ3v) is 3.19. The third-order valence-electron chi connectivity index (χ3n) is 2.27. The van der Waals surface area contributed by atoms with E-state index in [9.17, 15) is 9.59 Å². The molecule has 0 aliphatic carbocycles. The Balaban J connectivity index is 1.95. The number of carbonyl (C=O) groups is 2. The Morgan fingerprint density at radius 1 is 1.44 bits per heavy atom. The topological polar surface area (TPSA) is 75.6 Å². The van der Waals surface area contributed by atoms with Gasteiger partial charge < -0.3 is 15.2 Å². The van der Waals surface area contributed by atoms with Crippen LogP contribution in [0.25, 0.3) is 0 Å². The van der Waals surface area contributed by atoms with Crippen LogP contribution in [0.4, 0.5) is 0 Å². The van der Waals surface area contributed by atoms with Gasteiger partial charge in [-0.3, -0.25) is 9.59 Å². The molecule has 0 spiro atoms. The fraction of sp³-hybridized carbons (Fsp3) is 0.800. The van der Waals surface area contributed by atoms with E-state index in [2.05, 4.69) is 5.32 Å². The first kappa shape index (κ1) is 13.3. The standard InChI is InChI=1S/C10H17NO4S/c12-9(6-16-7-10(13)14)11-4-3-8-2-1-5-15-8/h8H,1-7H2,(H,11,12)(H,13,14). The molecule has 1 atom stereocenters. The van der Waals surface area contributed by atoms with Crippen molar-refractivity contribution >= 4 is 23.6 Å². The highest BCUT2D eigenvalue weighted by Gasteiger charge is 2.15. The SMILES string of the molecule is O=C(O)CSCC(=O)NCCC1CCCO1. The number of aliphatic carboxylic acids is 1. The molecule has 6 heteroatoms. The molecule has 0 radical (unpaired) electrons. The first-order chi connectivity index (χ1) is 7.68. The van der Waals surface area contributed by atoms with Gasteiger partial charge in [-0.05, 0) is 19.3 Å². The molecule has 1 amide bonds. The van der Waals surface area contributed by atoms with Crippen LogP contribution in [-0.4, -0.2) is 47.7 Å². The van der Waals surface area contributed by atoms with Crippen LogP contribution in [-0.2, 0) is 14.3 Å². The summed E-state index contributed by atoms with van der Waals surface area (Å²) < 4.78 is 5.41. The average Bonchev–Trinajstić information content (AvgIpc) is 2.70. The summed E-state index contributed by atoms with van der Waals surface area (Å²) >= 11 is 1.11. The second-order valence-corrected chi connectivity index (χ2v) is 4.65. The van der Waals surface area contributed by atoms with Crippen LogP contribution in [0.15, 0.2) is 0 Å². The number of carboxylic acid groups (broad SMARTS) is 1. The number of amides is 1. The molecule has 92 valence electrons. The van der Waals surface area contributed by atoms with Crippen LogP contribution in [0.3, 0.4) is 0 Å². The van der Waals surface area contributed by atoms with Gasteiger partial charge >= 0.3 is 5.97 Å². The highest BCUT2D eigenvalue weighted by atomic mass is 32.2. The van der Waals surface area contributed by atoms with E-state index in [1.165, 1.54) is 0 Å². The van der Waals surface area contributed by atoms with Gasteiger partial charge in [-0.15, -0.1) is 11.8 Å². The first-order valence-electron chi connectivity index (χ1n) is 5.36. The quantitative estimate of drug-likeness (QED) is 0.684. The van der Waals surface area contributed by atoms with Crippen molar-refractivity contribution in [2.75, 3.05) is 24.7 Å². The van der Waals surface area contributed by atoms with E-state index < -0.39 is 5.97 Å². The minimum atomic E-state index is -0.892. The minimum Gasteiger partial charge on any atom is -0.481 e. The van der Waals surface area contributed by atoms with Crippen molar-refractivity contribution in [3.8, 4) is 0 Å². The largest absolute Gasteiger partial charge is 0.481 e. The van der Waals surface area contributed by atoms with Gasteiger partial charge in [0.05, 0.1) is 17.6 Å². The van der Waals surface area contributed by atoms with Gasteiger partial charge in [-0.2, -0.15) is 0 Å². The van der Waals surface area contributed by atoms with E-state index in [0.29, 0.717) is 6.54 Å². The number of hydrogen-bond acceptors (Lipinski definition) is 4. The molecule has 1 unspecified atom stereocenters. The fourth-order valence-corrected chi connectivity index (χ4v) is 2.09. The molecule has 5 nitrogen and oxygen atoms in total. The van der Waals surface area contributed by atoms with Gasteiger partial charge in [0.1, 0.15) is 0 Å². The summed E-state index contributed by atoms with van der Waals surface area (Å²) in [4.78, 5) is 21.4. The van der Waals surface area contributed by atoms with Gasteiger partial charge in [-0.25, -0.2) is 0 Å². The van der Waals surface area contributed by atoms with Gasteiger partial charge in [0.15, 0.2) is 0 Å². The van der Waals surface area contributed by atoms with Gasteiger partial charge in [-0.1, -0.05) is 0 Å². The van der Waals surface area contributed by atoms with E-state index in [4.69, 9.17) is 9.84 Å². The van der Waals surface area contributed by atoms with Gasteiger partial charge in [0.2, 0.25) is 5.91 Å². The number of ether oxygens (including phenoxy) is 1. The van der Waals surface area contributed by atoms with Crippen LogP contribution in [0.2, 0.25) is 0 Å². The Hall–Kier alpha value is -0.750. The van der Waals surface area contributed by atoms with Crippen molar-refractivity contribution in [3.63, 3.8) is 0 Å². The summed E-state index contributed by atoms with van der Waals surface area (Å²) in [6.07, 6.45) is 3.30. The van der Waals surface area contributed by atoms with Crippen molar-refractivity contribution in [1.29, 1.82) is 0 Å². The van der Waals surface area contributed by atoms with Crippen LogP contribution in [0.5, 0.6) is 0 Å². The smallest absolute Gasteiger partial charge is 0.313 e. The third kappa shape index (κ3) is 5.97.